The van der Waals surface area contributed by atoms with E-state index in [1.807, 2.05) is 6.92 Å². The molecule has 0 N–H and O–H groups in total. The van der Waals surface area contributed by atoms with Crippen molar-refractivity contribution in [3.05, 3.63) is 34.4 Å². The van der Waals surface area contributed by atoms with Gasteiger partial charge in [0.05, 0.1) is 6.61 Å². The Balaban J connectivity index is 2.08. The third-order valence-corrected chi connectivity index (χ3v) is 5.75. The Morgan fingerprint density at radius 3 is 2.42 bits per heavy atom. The van der Waals surface area contributed by atoms with Crippen LogP contribution in [0.3, 0.4) is 0 Å². The normalized spacial score (nSPS) is 19.5. The highest BCUT2D eigenvalue weighted by molar-refractivity contribution is 5.59. The molecule has 0 aromatic heterocycles. The van der Waals surface area contributed by atoms with Crippen molar-refractivity contribution in [3.63, 3.8) is 0 Å². The number of benzene rings is 1. The molecule has 1 unspecified atom stereocenters. The fourth-order valence-corrected chi connectivity index (χ4v) is 3.93. The van der Waals surface area contributed by atoms with Crippen LogP contribution >= 0.6 is 0 Å². The summed E-state index contributed by atoms with van der Waals surface area (Å²) in [5, 5.41) is 0. The van der Waals surface area contributed by atoms with Crippen molar-refractivity contribution in [1.82, 2.24) is 0 Å². The van der Waals surface area contributed by atoms with Crippen LogP contribution < -0.4 is 9.47 Å². The van der Waals surface area contributed by atoms with Crippen LogP contribution in [-0.4, -0.2) is 12.2 Å². The van der Waals surface area contributed by atoms with Gasteiger partial charge in [-0.15, -0.1) is 0 Å². The summed E-state index contributed by atoms with van der Waals surface area (Å²) < 4.78 is 12.5. The van der Waals surface area contributed by atoms with Crippen LogP contribution in [-0.2, 0) is 6.42 Å². The first-order valence-electron chi connectivity index (χ1n) is 10.6. The van der Waals surface area contributed by atoms with Gasteiger partial charge in [-0.25, -0.2) is 0 Å². The molecule has 0 spiro atoms. The van der Waals surface area contributed by atoms with E-state index in [2.05, 4.69) is 46.8 Å². The lowest BCUT2D eigenvalue weighted by atomic mass is 9.86. The van der Waals surface area contributed by atoms with Crippen molar-refractivity contribution >= 4 is 0 Å². The van der Waals surface area contributed by atoms with Crippen LogP contribution in [0.1, 0.15) is 88.0 Å². The van der Waals surface area contributed by atoms with Crippen LogP contribution in [0, 0.1) is 20.8 Å². The second kappa shape index (κ2) is 9.48. The van der Waals surface area contributed by atoms with E-state index < -0.39 is 0 Å². The largest absolute Gasteiger partial charge is 0.493 e. The summed E-state index contributed by atoms with van der Waals surface area (Å²) >= 11 is 0. The van der Waals surface area contributed by atoms with Crippen molar-refractivity contribution < 1.29 is 9.47 Å². The van der Waals surface area contributed by atoms with E-state index >= 15 is 0 Å². The molecule has 1 aromatic rings. The summed E-state index contributed by atoms with van der Waals surface area (Å²) in [6, 6.07) is 0. The number of unbranched alkanes of at least 4 members (excludes halogenated alkanes) is 5. The van der Waals surface area contributed by atoms with Crippen LogP contribution in [0.25, 0.3) is 0 Å². The molecule has 0 fully saturated rings. The topological polar surface area (TPSA) is 18.5 Å². The van der Waals surface area contributed by atoms with Gasteiger partial charge in [0.1, 0.15) is 17.1 Å². The molecule has 0 bridgehead atoms. The highest BCUT2D eigenvalue weighted by atomic mass is 16.5. The molecule has 1 aliphatic rings. The predicted molar refractivity (Wildman–Crippen MR) is 112 cm³/mol. The molecule has 26 heavy (non-hydrogen) atoms. The van der Waals surface area contributed by atoms with Gasteiger partial charge in [0, 0.05) is 5.56 Å². The zero-order valence-electron chi connectivity index (χ0n) is 17.8. The van der Waals surface area contributed by atoms with E-state index in [4.69, 9.17) is 9.47 Å². The third kappa shape index (κ3) is 4.84. The second-order valence-corrected chi connectivity index (χ2v) is 7.96. The maximum Gasteiger partial charge on any atom is 0.127 e. The Kier molecular flexibility index (Phi) is 7.61. The summed E-state index contributed by atoms with van der Waals surface area (Å²) in [5.41, 5.74) is 4.85. The minimum absolute atomic E-state index is 0.187. The van der Waals surface area contributed by atoms with Gasteiger partial charge in [-0.3, -0.25) is 0 Å². The minimum Gasteiger partial charge on any atom is -0.493 e. The van der Waals surface area contributed by atoms with Gasteiger partial charge in [0.2, 0.25) is 0 Å². The summed E-state index contributed by atoms with van der Waals surface area (Å²) in [6.07, 6.45) is 14.6. The lowest BCUT2D eigenvalue weighted by Gasteiger charge is -2.36. The molecule has 0 aliphatic carbocycles. The molecular formula is C24H38O2. The Hall–Kier alpha value is -1.44. The quantitative estimate of drug-likeness (QED) is 0.349. The molecule has 2 rings (SSSR count). The Labute approximate surface area is 161 Å². The van der Waals surface area contributed by atoms with Crippen LogP contribution in [0.15, 0.2) is 12.2 Å². The fraction of sp³-hybridized carbons (Fsp3) is 0.667. The number of ether oxygens (including phenoxy) is 2. The molecule has 1 atom stereocenters. The minimum atomic E-state index is -0.187. The van der Waals surface area contributed by atoms with E-state index in [-0.39, 0.29) is 5.60 Å². The molecule has 0 amide bonds. The van der Waals surface area contributed by atoms with E-state index in [1.54, 1.807) is 0 Å². The van der Waals surface area contributed by atoms with Crippen molar-refractivity contribution in [1.29, 1.82) is 0 Å². The number of rotatable bonds is 9. The maximum absolute atomic E-state index is 6.55. The van der Waals surface area contributed by atoms with Gasteiger partial charge in [0.15, 0.2) is 0 Å². The first-order chi connectivity index (χ1) is 12.4. The van der Waals surface area contributed by atoms with Crippen molar-refractivity contribution in [2.75, 3.05) is 6.61 Å². The molecule has 2 heteroatoms. The molecule has 0 saturated carbocycles. The number of hydrogen-bond donors (Lipinski definition) is 0. The summed E-state index contributed by atoms with van der Waals surface area (Å²) in [7, 11) is 0. The molecule has 1 heterocycles. The van der Waals surface area contributed by atoms with Gasteiger partial charge in [-0.2, -0.15) is 0 Å². The van der Waals surface area contributed by atoms with E-state index in [1.165, 1.54) is 54.4 Å². The van der Waals surface area contributed by atoms with Gasteiger partial charge >= 0.3 is 0 Å². The summed E-state index contributed by atoms with van der Waals surface area (Å²) in [6.45, 7) is 13.7. The van der Waals surface area contributed by atoms with E-state index in [9.17, 15) is 0 Å². The van der Waals surface area contributed by atoms with Crippen LogP contribution in [0.4, 0.5) is 0 Å². The lowest BCUT2D eigenvalue weighted by Crippen LogP contribution is -2.35. The average molecular weight is 359 g/mol. The number of hydrogen-bond acceptors (Lipinski definition) is 2. The molecule has 0 radical (unpaired) electrons. The summed E-state index contributed by atoms with van der Waals surface area (Å²) in [5.74, 6) is 2.14. The highest BCUT2D eigenvalue weighted by Gasteiger charge is 2.32. The van der Waals surface area contributed by atoms with Gasteiger partial charge in [0.25, 0.3) is 0 Å². The first kappa shape index (κ1) is 20.9. The monoisotopic (exact) mass is 358 g/mol. The van der Waals surface area contributed by atoms with Crippen LogP contribution in [0.5, 0.6) is 11.5 Å². The Morgan fingerprint density at radius 2 is 1.73 bits per heavy atom. The highest BCUT2D eigenvalue weighted by Crippen LogP contribution is 2.44. The Morgan fingerprint density at radius 1 is 1.00 bits per heavy atom. The van der Waals surface area contributed by atoms with E-state index in [0.29, 0.717) is 6.61 Å². The van der Waals surface area contributed by atoms with Crippen LogP contribution in [0.2, 0.25) is 0 Å². The van der Waals surface area contributed by atoms with Crippen molar-refractivity contribution in [3.8, 4) is 11.5 Å². The molecule has 0 saturated heterocycles. The molecule has 146 valence electrons. The average Bonchev–Trinajstić information content (AvgIpc) is 2.62. The maximum atomic E-state index is 6.55. The molecule has 1 aliphatic heterocycles. The third-order valence-electron chi connectivity index (χ3n) is 5.75. The molecule has 2 nitrogen and oxygen atoms in total. The van der Waals surface area contributed by atoms with Gasteiger partial charge in [-0.05, 0) is 83.1 Å². The standard InChI is InChI=1S/C24H38O2/c1-7-9-10-11-12-13-14-16-24(6)17-15-21-20(5)22(25-8-2)18(3)19(4)23(21)26-24/h14,16H,7-13,15,17H2,1-6H3/b16-14+. The Bertz CT molecular complexity index is 630. The second-order valence-electron chi connectivity index (χ2n) is 7.96. The van der Waals surface area contributed by atoms with Gasteiger partial charge < -0.3 is 9.47 Å². The SMILES string of the molecule is CCCCCCC/C=C/C1(C)CCc2c(C)c(OCC)c(C)c(C)c2O1. The molecular weight excluding hydrogens is 320 g/mol. The summed E-state index contributed by atoms with van der Waals surface area (Å²) in [4.78, 5) is 0. The fourth-order valence-electron chi connectivity index (χ4n) is 3.93. The number of allylic oxidation sites excluding steroid dienone is 1. The predicted octanol–water partition coefficient (Wildman–Crippen LogP) is 7.01. The first-order valence-corrected chi connectivity index (χ1v) is 10.6. The zero-order chi connectivity index (χ0) is 19.2. The zero-order valence-corrected chi connectivity index (χ0v) is 17.8. The number of fused-ring (bicyclic) bond motifs is 1. The van der Waals surface area contributed by atoms with Crippen molar-refractivity contribution in [2.24, 2.45) is 0 Å². The van der Waals surface area contributed by atoms with Crippen molar-refractivity contribution in [2.45, 2.75) is 98.5 Å². The smallest absolute Gasteiger partial charge is 0.127 e. The molecule has 1 aromatic carbocycles. The lowest BCUT2D eigenvalue weighted by molar-refractivity contribution is 0.112. The van der Waals surface area contributed by atoms with Gasteiger partial charge in [-0.1, -0.05) is 38.7 Å². The van der Waals surface area contributed by atoms with E-state index in [0.717, 1.165) is 30.8 Å².